The highest BCUT2D eigenvalue weighted by Crippen LogP contribution is 2.27. The molecule has 1 aliphatic carbocycles. The number of nitrogen functional groups attached to an aromatic ring is 2. The van der Waals surface area contributed by atoms with Crippen LogP contribution >= 0.6 is 0 Å². The van der Waals surface area contributed by atoms with Crippen molar-refractivity contribution >= 4 is 22.9 Å². The minimum Gasteiger partial charge on any atom is -0.382 e. The van der Waals surface area contributed by atoms with Crippen LogP contribution in [0.2, 0.25) is 0 Å². The summed E-state index contributed by atoms with van der Waals surface area (Å²) in [6, 6.07) is 5.65. The van der Waals surface area contributed by atoms with Gasteiger partial charge in [-0.2, -0.15) is 10.1 Å². The van der Waals surface area contributed by atoms with Crippen LogP contribution in [0.5, 0.6) is 0 Å². The first kappa shape index (κ1) is 16.3. The number of hydrogen-bond acceptors (Lipinski definition) is 6. The van der Waals surface area contributed by atoms with Crippen LogP contribution in [-0.2, 0) is 0 Å². The van der Waals surface area contributed by atoms with Gasteiger partial charge in [0.05, 0.1) is 5.69 Å². The van der Waals surface area contributed by atoms with Gasteiger partial charge in [0.2, 0.25) is 5.95 Å². The Bertz CT molecular complexity index is 1020. The Morgan fingerprint density at radius 2 is 1.54 bits per heavy atom. The summed E-state index contributed by atoms with van der Waals surface area (Å²) in [5, 5.41) is 8.58. The predicted molar refractivity (Wildman–Crippen MR) is 101 cm³/mol. The summed E-state index contributed by atoms with van der Waals surface area (Å²) in [7, 11) is 0. The number of anilines is 2. The van der Waals surface area contributed by atoms with Crippen molar-refractivity contribution in [1.82, 2.24) is 29.2 Å². The molecule has 0 atom stereocenters. The summed E-state index contributed by atoms with van der Waals surface area (Å²) in [4.78, 5) is 8.15. The van der Waals surface area contributed by atoms with Crippen molar-refractivity contribution in [2.75, 3.05) is 11.5 Å². The lowest BCUT2D eigenvalue weighted by molar-refractivity contribution is 0.504. The molecule has 4 aromatic heterocycles. The van der Waals surface area contributed by atoms with Crippen molar-refractivity contribution in [2.45, 2.75) is 38.5 Å². The van der Waals surface area contributed by atoms with Gasteiger partial charge in [0.1, 0.15) is 5.52 Å². The van der Waals surface area contributed by atoms with Gasteiger partial charge in [0, 0.05) is 24.2 Å². The standard InChI is InChI=1S/C12H10N8.C6H12/c13-11-10-7(3-5-20(10)18-12(14)16-11)8-1-2-9-15-4-6-19(9)17-8;1-2-4-6-5-3-1/h1-6H,(H4,13,14,16,18);1-6H2. The van der Waals surface area contributed by atoms with Gasteiger partial charge < -0.3 is 11.5 Å². The van der Waals surface area contributed by atoms with Gasteiger partial charge in [-0.05, 0) is 18.2 Å². The van der Waals surface area contributed by atoms with Gasteiger partial charge >= 0.3 is 0 Å². The van der Waals surface area contributed by atoms with E-state index in [1.807, 2.05) is 18.2 Å². The Morgan fingerprint density at radius 3 is 2.27 bits per heavy atom. The normalized spacial score (nSPS) is 14.3. The summed E-state index contributed by atoms with van der Waals surface area (Å²) in [6.07, 6.45) is 14.3. The van der Waals surface area contributed by atoms with E-state index in [1.165, 1.54) is 38.5 Å². The third-order valence-corrected chi connectivity index (χ3v) is 4.59. The third kappa shape index (κ3) is 3.17. The first-order valence-electron chi connectivity index (χ1n) is 8.93. The molecule has 8 nitrogen and oxygen atoms in total. The van der Waals surface area contributed by atoms with Crippen LogP contribution in [0.1, 0.15) is 38.5 Å². The largest absolute Gasteiger partial charge is 0.382 e. The lowest BCUT2D eigenvalue weighted by Gasteiger charge is -2.05. The Hall–Kier alpha value is -3.16. The molecule has 0 spiro atoms. The molecule has 4 aromatic rings. The van der Waals surface area contributed by atoms with Crippen LogP contribution in [0.25, 0.3) is 22.4 Å². The Balaban J connectivity index is 0.000000240. The summed E-state index contributed by atoms with van der Waals surface area (Å²) < 4.78 is 3.31. The van der Waals surface area contributed by atoms with Crippen LogP contribution in [0.4, 0.5) is 11.8 Å². The molecule has 0 saturated heterocycles. The number of aromatic nitrogens is 6. The summed E-state index contributed by atoms with van der Waals surface area (Å²) in [5.41, 5.74) is 14.6. The van der Waals surface area contributed by atoms with Crippen LogP contribution in [0.15, 0.2) is 36.8 Å². The van der Waals surface area contributed by atoms with Crippen molar-refractivity contribution in [1.29, 1.82) is 0 Å². The van der Waals surface area contributed by atoms with Gasteiger partial charge in [-0.15, -0.1) is 5.10 Å². The van der Waals surface area contributed by atoms with E-state index in [0.29, 0.717) is 11.3 Å². The molecule has 0 aromatic carbocycles. The summed E-state index contributed by atoms with van der Waals surface area (Å²) in [6.45, 7) is 0. The highest BCUT2D eigenvalue weighted by molar-refractivity contribution is 5.86. The van der Waals surface area contributed by atoms with Crippen molar-refractivity contribution in [3.63, 3.8) is 0 Å². The van der Waals surface area contributed by atoms with Gasteiger partial charge in [0.15, 0.2) is 11.5 Å². The number of nitrogens with zero attached hydrogens (tertiary/aromatic N) is 6. The maximum absolute atomic E-state index is 5.93. The summed E-state index contributed by atoms with van der Waals surface area (Å²) >= 11 is 0. The average Bonchev–Trinajstić information content (AvgIpc) is 3.29. The molecule has 134 valence electrons. The van der Waals surface area contributed by atoms with Crippen LogP contribution < -0.4 is 11.5 Å². The van der Waals surface area contributed by atoms with E-state index in [2.05, 4.69) is 20.2 Å². The highest BCUT2D eigenvalue weighted by Gasteiger charge is 2.13. The van der Waals surface area contributed by atoms with Gasteiger partial charge in [-0.3, -0.25) is 0 Å². The molecule has 1 saturated carbocycles. The number of imidazole rings is 1. The maximum atomic E-state index is 5.93. The lowest BCUT2D eigenvalue weighted by Crippen LogP contribution is -2.05. The second-order valence-corrected chi connectivity index (χ2v) is 6.45. The molecule has 0 radical (unpaired) electrons. The predicted octanol–water partition coefficient (Wildman–Crippen LogP) is 2.94. The van der Waals surface area contributed by atoms with Gasteiger partial charge in [-0.1, -0.05) is 38.5 Å². The van der Waals surface area contributed by atoms with E-state index < -0.39 is 0 Å². The second kappa shape index (κ2) is 6.99. The smallest absolute Gasteiger partial charge is 0.240 e. The molecule has 5 rings (SSSR count). The zero-order valence-corrected chi connectivity index (χ0v) is 14.5. The van der Waals surface area contributed by atoms with Gasteiger partial charge in [0.25, 0.3) is 0 Å². The average molecular weight is 350 g/mol. The number of rotatable bonds is 1. The van der Waals surface area contributed by atoms with E-state index in [4.69, 9.17) is 11.5 Å². The molecule has 1 fully saturated rings. The quantitative estimate of drug-likeness (QED) is 0.546. The van der Waals surface area contributed by atoms with Crippen molar-refractivity contribution in [3.05, 3.63) is 36.8 Å². The third-order valence-electron chi connectivity index (χ3n) is 4.59. The Labute approximate surface area is 150 Å². The van der Waals surface area contributed by atoms with Crippen LogP contribution in [0, 0.1) is 0 Å². The van der Waals surface area contributed by atoms with Crippen molar-refractivity contribution in [3.8, 4) is 11.3 Å². The fourth-order valence-electron chi connectivity index (χ4n) is 3.30. The SMILES string of the molecule is C1CCCCC1.Nc1nc(N)c2c(-c3ccc4nccn4n3)ccn2n1. The molecule has 8 heteroatoms. The van der Waals surface area contributed by atoms with Crippen LogP contribution in [-0.4, -0.2) is 29.2 Å². The van der Waals surface area contributed by atoms with E-state index in [0.717, 1.165) is 16.9 Å². The second-order valence-electron chi connectivity index (χ2n) is 6.45. The molecule has 0 aliphatic heterocycles. The molecule has 4 N–H and O–H groups in total. The van der Waals surface area contributed by atoms with Crippen molar-refractivity contribution in [2.24, 2.45) is 0 Å². The topological polar surface area (TPSA) is 112 Å². The Morgan fingerprint density at radius 1 is 0.808 bits per heavy atom. The zero-order chi connectivity index (χ0) is 17.9. The monoisotopic (exact) mass is 350 g/mol. The first-order valence-corrected chi connectivity index (χ1v) is 8.93. The minimum absolute atomic E-state index is 0.134. The number of hydrogen-bond donors (Lipinski definition) is 2. The lowest BCUT2D eigenvalue weighted by atomic mass is 10.0. The Kier molecular flexibility index (Phi) is 4.39. The number of nitrogens with two attached hydrogens (primary N) is 2. The van der Waals surface area contributed by atoms with Crippen LogP contribution in [0.3, 0.4) is 0 Å². The van der Waals surface area contributed by atoms with E-state index in [-0.39, 0.29) is 5.95 Å². The van der Waals surface area contributed by atoms with E-state index in [9.17, 15) is 0 Å². The summed E-state index contributed by atoms with van der Waals surface area (Å²) in [5.74, 6) is 0.459. The molecule has 0 amide bonds. The molecular weight excluding hydrogens is 328 g/mol. The fourth-order valence-corrected chi connectivity index (χ4v) is 3.30. The molecule has 1 aliphatic rings. The molecule has 0 bridgehead atoms. The van der Waals surface area contributed by atoms with Gasteiger partial charge in [-0.25, -0.2) is 14.0 Å². The number of fused-ring (bicyclic) bond motifs is 2. The molecule has 26 heavy (non-hydrogen) atoms. The van der Waals surface area contributed by atoms with Crippen molar-refractivity contribution < 1.29 is 0 Å². The zero-order valence-electron chi connectivity index (χ0n) is 14.5. The molecule has 0 unspecified atom stereocenters. The maximum Gasteiger partial charge on any atom is 0.240 e. The molecule has 4 heterocycles. The molecular formula is C18H22N8. The first-order chi connectivity index (χ1) is 12.7. The highest BCUT2D eigenvalue weighted by atomic mass is 15.3. The van der Waals surface area contributed by atoms with E-state index in [1.54, 1.807) is 27.6 Å². The van der Waals surface area contributed by atoms with E-state index >= 15 is 0 Å². The fraction of sp³-hybridized carbons (Fsp3) is 0.333. The minimum atomic E-state index is 0.134.